The summed E-state index contributed by atoms with van der Waals surface area (Å²) in [5, 5.41) is 4.51. The second-order valence-electron chi connectivity index (χ2n) is 7.18. The van der Waals surface area contributed by atoms with Crippen LogP contribution in [0.1, 0.15) is 51.5 Å². The summed E-state index contributed by atoms with van der Waals surface area (Å²) in [7, 11) is 0. The van der Waals surface area contributed by atoms with Crippen LogP contribution in [-0.2, 0) is 0 Å². The van der Waals surface area contributed by atoms with Gasteiger partial charge in [0, 0.05) is 0 Å². The highest BCUT2D eigenvalue weighted by atomic mass is 15.3. The topological polar surface area (TPSA) is 43.8 Å². The monoisotopic (exact) mass is 259 g/mol. The van der Waals surface area contributed by atoms with Crippen LogP contribution in [0.25, 0.3) is 0 Å². The van der Waals surface area contributed by atoms with Gasteiger partial charge in [0.05, 0.1) is 12.2 Å². The van der Waals surface area contributed by atoms with Gasteiger partial charge in [-0.25, -0.2) is 4.68 Å². The molecule has 4 fully saturated rings. The molecule has 1 aromatic rings. The van der Waals surface area contributed by atoms with Crippen molar-refractivity contribution in [3.8, 4) is 0 Å². The second-order valence-corrected chi connectivity index (χ2v) is 7.18. The predicted molar refractivity (Wildman–Crippen MR) is 76.5 cm³/mol. The Morgan fingerprint density at radius 3 is 2.32 bits per heavy atom. The van der Waals surface area contributed by atoms with Gasteiger partial charge in [-0.2, -0.15) is 5.10 Å². The third-order valence-electron chi connectivity index (χ3n) is 6.18. The van der Waals surface area contributed by atoms with E-state index < -0.39 is 0 Å². The molecule has 104 valence electrons. The van der Waals surface area contributed by atoms with Gasteiger partial charge in [0.1, 0.15) is 5.82 Å². The molecule has 0 radical (unpaired) electrons. The van der Waals surface area contributed by atoms with Crippen molar-refractivity contribution < 1.29 is 0 Å². The highest BCUT2D eigenvalue weighted by Crippen LogP contribution is 2.59. The van der Waals surface area contributed by atoms with Gasteiger partial charge in [-0.05, 0) is 74.2 Å². The number of rotatable bonds is 3. The van der Waals surface area contributed by atoms with Gasteiger partial charge in [-0.1, -0.05) is 6.92 Å². The van der Waals surface area contributed by atoms with Crippen LogP contribution in [0.2, 0.25) is 0 Å². The van der Waals surface area contributed by atoms with Gasteiger partial charge in [-0.15, -0.1) is 0 Å². The number of nitrogens with zero attached hydrogens (tertiary/aromatic N) is 2. The lowest BCUT2D eigenvalue weighted by atomic mass is 9.50. The fourth-order valence-corrected chi connectivity index (χ4v) is 5.81. The number of nitrogens with two attached hydrogens (primary N) is 1. The van der Waals surface area contributed by atoms with E-state index in [-0.39, 0.29) is 0 Å². The molecule has 4 saturated carbocycles. The van der Waals surface area contributed by atoms with Crippen molar-refractivity contribution in [3.05, 3.63) is 12.3 Å². The number of hydrogen-bond acceptors (Lipinski definition) is 2. The molecule has 3 nitrogen and oxygen atoms in total. The Balaban J connectivity index is 1.66. The third-order valence-corrected chi connectivity index (χ3v) is 6.18. The van der Waals surface area contributed by atoms with Gasteiger partial charge in [0.2, 0.25) is 0 Å². The van der Waals surface area contributed by atoms with E-state index in [0.717, 1.165) is 35.4 Å². The molecule has 4 aliphatic carbocycles. The molecule has 0 saturated heterocycles. The molecule has 0 spiro atoms. The average Bonchev–Trinajstić information content (AvgIpc) is 2.79. The quantitative estimate of drug-likeness (QED) is 0.903. The molecule has 1 aromatic heterocycles. The minimum absolute atomic E-state index is 0.532. The molecule has 1 unspecified atom stereocenters. The smallest absolute Gasteiger partial charge is 0.121 e. The normalized spacial score (nSPS) is 41.6. The molecular formula is C16H25N3. The Morgan fingerprint density at radius 2 is 1.84 bits per heavy atom. The van der Waals surface area contributed by atoms with Crippen molar-refractivity contribution in [1.29, 1.82) is 0 Å². The van der Waals surface area contributed by atoms with Crippen LogP contribution in [0.4, 0.5) is 5.82 Å². The first kappa shape index (κ1) is 11.8. The maximum Gasteiger partial charge on any atom is 0.121 e. The van der Waals surface area contributed by atoms with Crippen LogP contribution in [-0.4, -0.2) is 9.78 Å². The average molecular weight is 259 g/mol. The molecular weight excluding hydrogens is 234 g/mol. The molecule has 4 bridgehead atoms. The van der Waals surface area contributed by atoms with Gasteiger partial charge in [0.25, 0.3) is 0 Å². The van der Waals surface area contributed by atoms with Crippen LogP contribution in [0.3, 0.4) is 0 Å². The summed E-state index contributed by atoms with van der Waals surface area (Å²) < 4.78 is 2.12. The second kappa shape index (κ2) is 4.26. The molecule has 4 aliphatic rings. The Bertz CT molecular complexity index is 436. The van der Waals surface area contributed by atoms with E-state index >= 15 is 0 Å². The largest absolute Gasteiger partial charge is 0.384 e. The van der Waals surface area contributed by atoms with Gasteiger partial charge < -0.3 is 5.73 Å². The zero-order valence-electron chi connectivity index (χ0n) is 11.8. The molecule has 0 aliphatic heterocycles. The first-order valence-electron chi connectivity index (χ1n) is 8.05. The summed E-state index contributed by atoms with van der Waals surface area (Å²) in [6.07, 6.45) is 10.5. The van der Waals surface area contributed by atoms with E-state index in [2.05, 4.69) is 16.7 Å². The van der Waals surface area contributed by atoms with Crippen molar-refractivity contribution in [1.82, 2.24) is 9.78 Å². The minimum Gasteiger partial charge on any atom is -0.384 e. The lowest BCUT2D eigenvalue weighted by Gasteiger charge is -2.56. The van der Waals surface area contributed by atoms with Crippen LogP contribution in [0.5, 0.6) is 0 Å². The molecule has 1 heterocycles. The maximum atomic E-state index is 6.11. The standard InChI is InChI=1S/C16H25N3/c1-2-14(19-15(17)3-4-18-19)16-12-6-10-5-11(8-12)9-13(16)7-10/h3-4,10-14,16H,2,5-9,17H2,1H3. The zero-order valence-corrected chi connectivity index (χ0v) is 11.8. The summed E-state index contributed by atoms with van der Waals surface area (Å²) in [5.74, 6) is 5.67. The van der Waals surface area contributed by atoms with E-state index in [4.69, 9.17) is 5.73 Å². The third kappa shape index (κ3) is 1.73. The van der Waals surface area contributed by atoms with Gasteiger partial charge >= 0.3 is 0 Å². The van der Waals surface area contributed by atoms with Crippen molar-refractivity contribution in [2.45, 2.75) is 51.5 Å². The van der Waals surface area contributed by atoms with Crippen molar-refractivity contribution in [3.63, 3.8) is 0 Å². The SMILES string of the molecule is CCC(C1C2CC3CC(C2)CC1C3)n1nccc1N. The maximum absolute atomic E-state index is 6.11. The fraction of sp³-hybridized carbons (Fsp3) is 0.812. The number of nitrogen functional groups attached to an aromatic ring is 1. The highest BCUT2D eigenvalue weighted by Gasteiger charge is 2.50. The van der Waals surface area contributed by atoms with Crippen LogP contribution in [0.15, 0.2) is 12.3 Å². The van der Waals surface area contributed by atoms with Crippen molar-refractivity contribution in [2.24, 2.45) is 29.6 Å². The fourth-order valence-electron chi connectivity index (χ4n) is 5.81. The summed E-state index contributed by atoms with van der Waals surface area (Å²) >= 11 is 0. The van der Waals surface area contributed by atoms with E-state index in [1.165, 1.54) is 38.5 Å². The Kier molecular flexibility index (Phi) is 2.64. The van der Waals surface area contributed by atoms with E-state index in [9.17, 15) is 0 Å². The van der Waals surface area contributed by atoms with Crippen molar-refractivity contribution >= 4 is 5.82 Å². The van der Waals surface area contributed by atoms with E-state index in [1.807, 2.05) is 12.3 Å². The molecule has 0 amide bonds. The Hall–Kier alpha value is -0.990. The Morgan fingerprint density at radius 1 is 1.21 bits per heavy atom. The molecule has 1 atom stereocenters. The molecule has 2 N–H and O–H groups in total. The first-order valence-corrected chi connectivity index (χ1v) is 8.05. The number of hydrogen-bond donors (Lipinski definition) is 1. The van der Waals surface area contributed by atoms with Gasteiger partial charge in [-0.3, -0.25) is 0 Å². The highest BCUT2D eigenvalue weighted by molar-refractivity contribution is 5.27. The lowest BCUT2D eigenvalue weighted by Crippen LogP contribution is -2.48. The van der Waals surface area contributed by atoms with Crippen LogP contribution < -0.4 is 5.73 Å². The lowest BCUT2D eigenvalue weighted by molar-refractivity contribution is -0.0605. The molecule has 5 rings (SSSR count). The van der Waals surface area contributed by atoms with Crippen LogP contribution >= 0.6 is 0 Å². The summed E-state index contributed by atoms with van der Waals surface area (Å²) in [6, 6.07) is 2.48. The Labute approximate surface area is 115 Å². The van der Waals surface area contributed by atoms with Gasteiger partial charge in [0.15, 0.2) is 0 Å². The summed E-state index contributed by atoms with van der Waals surface area (Å²) in [5.41, 5.74) is 6.11. The zero-order chi connectivity index (χ0) is 13.0. The number of aromatic nitrogens is 2. The molecule has 0 aromatic carbocycles. The molecule has 19 heavy (non-hydrogen) atoms. The molecule has 3 heteroatoms. The first-order chi connectivity index (χ1) is 9.26. The summed E-state index contributed by atoms with van der Waals surface area (Å²) in [6.45, 7) is 2.30. The minimum atomic E-state index is 0.532. The summed E-state index contributed by atoms with van der Waals surface area (Å²) in [4.78, 5) is 0. The number of anilines is 1. The predicted octanol–water partition coefficient (Wildman–Crippen LogP) is 3.49. The van der Waals surface area contributed by atoms with E-state index in [0.29, 0.717) is 6.04 Å². The van der Waals surface area contributed by atoms with Crippen molar-refractivity contribution in [2.75, 3.05) is 5.73 Å². The van der Waals surface area contributed by atoms with Crippen LogP contribution in [0, 0.1) is 29.6 Å². The van der Waals surface area contributed by atoms with E-state index in [1.54, 1.807) is 0 Å².